The summed E-state index contributed by atoms with van der Waals surface area (Å²) in [5.74, 6) is 0.215. The summed E-state index contributed by atoms with van der Waals surface area (Å²) in [6, 6.07) is 8.04. The predicted octanol–water partition coefficient (Wildman–Crippen LogP) is 3.20. The van der Waals surface area contributed by atoms with E-state index in [4.69, 9.17) is 5.41 Å². The summed E-state index contributed by atoms with van der Waals surface area (Å²) >= 11 is 3.38. The Kier molecular flexibility index (Phi) is 2.83. The molecule has 0 aliphatic heterocycles. The van der Waals surface area contributed by atoms with Gasteiger partial charge in [-0.2, -0.15) is 0 Å². The van der Waals surface area contributed by atoms with Gasteiger partial charge in [0.25, 0.3) is 0 Å². The smallest absolute Gasteiger partial charge is 0.0178 e. The number of hydrogen-bond donors (Lipinski definition) is 1. The molecule has 0 aliphatic rings. The van der Waals surface area contributed by atoms with Crippen LogP contribution in [-0.2, 0) is 0 Å². The van der Waals surface area contributed by atoms with Gasteiger partial charge in [0.05, 0.1) is 0 Å². The van der Waals surface area contributed by atoms with Crippen LogP contribution >= 0.6 is 15.9 Å². The average Bonchev–Trinajstić information content (AvgIpc) is 2.03. The molecule has 1 nitrogen and oxygen atoms in total. The fourth-order valence-electron chi connectivity index (χ4n) is 0.886. The molecule has 0 saturated heterocycles. The van der Waals surface area contributed by atoms with E-state index in [-0.39, 0.29) is 5.92 Å². The molecule has 0 heterocycles. The highest BCUT2D eigenvalue weighted by Crippen LogP contribution is 2.17. The zero-order chi connectivity index (χ0) is 8.27. The molecule has 0 saturated carbocycles. The van der Waals surface area contributed by atoms with Gasteiger partial charge in [-0.15, -0.1) is 0 Å². The number of halogens is 1. The molecule has 0 amide bonds. The van der Waals surface area contributed by atoms with Crippen molar-refractivity contribution in [1.29, 1.82) is 5.41 Å². The van der Waals surface area contributed by atoms with Crippen molar-refractivity contribution in [2.24, 2.45) is 0 Å². The molecule has 11 heavy (non-hydrogen) atoms. The summed E-state index contributed by atoms with van der Waals surface area (Å²) in [7, 11) is 0. The minimum atomic E-state index is 0.215. The van der Waals surface area contributed by atoms with Crippen molar-refractivity contribution in [2.45, 2.75) is 12.8 Å². The van der Waals surface area contributed by atoms with Gasteiger partial charge in [0.2, 0.25) is 0 Å². The van der Waals surface area contributed by atoms with Crippen LogP contribution in [0.1, 0.15) is 18.4 Å². The lowest BCUT2D eigenvalue weighted by atomic mass is 10.0. The number of benzene rings is 1. The molecular weight excluding hydrogens is 202 g/mol. The molecular formula is C9H10BrN. The Morgan fingerprint density at radius 2 is 2.27 bits per heavy atom. The van der Waals surface area contributed by atoms with E-state index < -0.39 is 0 Å². The SMILES string of the molecule is CC(C=N)c1cccc(Br)c1. The molecule has 1 atom stereocenters. The Hall–Kier alpha value is -0.630. The number of rotatable bonds is 2. The number of hydrogen-bond acceptors (Lipinski definition) is 1. The molecule has 1 N–H and O–H groups in total. The fraction of sp³-hybridized carbons (Fsp3) is 0.222. The molecule has 2 heteroatoms. The van der Waals surface area contributed by atoms with Crippen molar-refractivity contribution in [1.82, 2.24) is 0 Å². The first kappa shape index (κ1) is 8.47. The summed E-state index contributed by atoms with van der Waals surface area (Å²) < 4.78 is 1.07. The van der Waals surface area contributed by atoms with Crippen molar-refractivity contribution in [3.63, 3.8) is 0 Å². The Morgan fingerprint density at radius 3 is 2.82 bits per heavy atom. The average molecular weight is 212 g/mol. The van der Waals surface area contributed by atoms with Crippen LogP contribution in [0.4, 0.5) is 0 Å². The van der Waals surface area contributed by atoms with Gasteiger partial charge in [-0.25, -0.2) is 0 Å². The van der Waals surface area contributed by atoms with Crippen LogP contribution < -0.4 is 0 Å². The second-order valence-corrected chi connectivity index (χ2v) is 3.43. The normalized spacial score (nSPS) is 12.5. The van der Waals surface area contributed by atoms with Gasteiger partial charge in [-0.05, 0) is 17.7 Å². The Balaban J connectivity index is 2.95. The summed E-state index contributed by atoms with van der Waals surface area (Å²) in [6.07, 6.45) is 1.45. The van der Waals surface area contributed by atoms with Gasteiger partial charge < -0.3 is 5.41 Å². The predicted molar refractivity (Wildman–Crippen MR) is 51.3 cm³/mol. The molecule has 0 aromatic heterocycles. The first-order valence-electron chi connectivity index (χ1n) is 3.50. The van der Waals surface area contributed by atoms with E-state index in [0.29, 0.717) is 0 Å². The van der Waals surface area contributed by atoms with Crippen molar-refractivity contribution < 1.29 is 0 Å². The lowest BCUT2D eigenvalue weighted by Crippen LogP contribution is -1.92. The van der Waals surface area contributed by atoms with Crippen molar-refractivity contribution in [3.8, 4) is 0 Å². The molecule has 0 spiro atoms. The summed E-state index contributed by atoms with van der Waals surface area (Å²) in [6.45, 7) is 2.01. The quantitative estimate of drug-likeness (QED) is 0.728. The highest BCUT2D eigenvalue weighted by molar-refractivity contribution is 9.10. The molecule has 0 radical (unpaired) electrons. The van der Waals surface area contributed by atoms with Gasteiger partial charge in [0, 0.05) is 16.6 Å². The first-order valence-corrected chi connectivity index (χ1v) is 4.29. The highest BCUT2D eigenvalue weighted by Gasteiger charge is 2.00. The van der Waals surface area contributed by atoms with E-state index in [1.807, 2.05) is 31.2 Å². The van der Waals surface area contributed by atoms with Crippen LogP contribution in [0, 0.1) is 5.41 Å². The van der Waals surface area contributed by atoms with E-state index >= 15 is 0 Å². The van der Waals surface area contributed by atoms with E-state index in [1.54, 1.807) is 0 Å². The first-order chi connectivity index (χ1) is 5.24. The summed E-state index contributed by atoms with van der Waals surface area (Å²) in [4.78, 5) is 0. The van der Waals surface area contributed by atoms with E-state index in [1.165, 1.54) is 11.8 Å². The van der Waals surface area contributed by atoms with Gasteiger partial charge in [0.1, 0.15) is 0 Å². The second kappa shape index (κ2) is 3.67. The molecule has 0 aliphatic carbocycles. The van der Waals surface area contributed by atoms with Crippen LogP contribution in [0.3, 0.4) is 0 Å². The third kappa shape index (κ3) is 2.15. The molecule has 1 unspecified atom stereocenters. The van der Waals surface area contributed by atoms with Gasteiger partial charge in [0.15, 0.2) is 0 Å². The molecule has 1 aromatic rings. The fourth-order valence-corrected chi connectivity index (χ4v) is 1.30. The lowest BCUT2D eigenvalue weighted by molar-refractivity contribution is 1.03. The van der Waals surface area contributed by atoms with Crippen LogP contribution in [0.2, 0.25) is 0 Å². The van der Waals surface area contributed by atoms with Crippen LogP contribution in [-0.4, -0.2) is 6.21 Å². The van der Waals surface area contributed by atoms with Crippen LogP contribution in [0.25, 0.3) is 0 Å². The number of nitrogens with one attached hydrogen (secondary N) is 1. The Bertz CT molecular complexity index is 257. The van der Waals surface area contributed by atoms with Crippen LogP contribution in [0.5, 0.6) is 0 Å². The Morgan fingerprint density at radius 1 is 1.55 bits per heavy atom. The van der Waals surface area contributed by atoms with E-state index in [9.17, 15) is 0 Å². The van der Waals surface area contributed by atoms with Crippen LogP contribution in [0.15, 0.2) is 28.7 Å². The lowest BCUT2D eigenvalue weighted by Gasteiger charge is -2.04. The molecule has 1 aromatic carbocycles. The highest BCUT2D eigenvalue weighted by atomic mass is 79.9. The third-order valence-electron chi connectivity index (χ3n) is 1.62. The zero-order valence-electron chi connectivity index (χ0n) is 6.34. The second-order valence-electron chi connectivity index (χ2n) is 2.51. The van der Waals surface area contributed by atoms with Crippen molar-refractivity contribution in [3.05, 3.63) is 34.3 Å². The molecule has 1 rings (SSSR count). The summed E-state index contributed by atoms with van der Waals surface area (Å²) in [5, 5.41) is 7.08. The molecule has 58 valence electrons. The monoisotopic (exact) mass is 211 g/mol. The zero-order valence-corrected chi connectivity index (χ0v) is 7.93. The van der Waals surface area contributed by atoms with Gasteiger partial charge >= 0.3 is 0 Å². The topological polar surface area (TPSA) is 23.9 Å². The maximum Gasteiger partial charge on any atom is 0.0178 e. The third-order valence-corrected chi connectivity index (χ3v) is 2.12. The Labute approximate surface area is 75.1 Å². The minimum Gasteiger partial charge on any atom is -0.312 e. The van der Waals surface area contributed by atoms with E-state index in [2.05, 4.69) is 15.9 Å². The minimum absolute atomic E-state index is 0.215. The largest absolute Gasteiger partial charge is 0.312 e. The standard InChI is InChI=1S/C9H10BrN/c1-7(6-11)8-3-2-4-9(10)5-8/h2-7,11H,1H3. The maximum atomic E-state index is 7.08. The summed E-state index contributed by atoms with van der Waals surface area (Å²) in [5.41, 5.74) is 1.18. The van der Waals surface area contributed by atoms with Gasteiger partial charge in [-0.1, -0.05) is 35.0 Å². The van der Waals surface area contributed by atoms with Crippen molar-refractivity contribution in [2.75, 3.05) is 0 Å². The van der Waals surface area contributed by atoms with Gasteiger partial charge in [-0.3, -0.25) is 0 Å². The van der Waals surface area contributed by atoms with Crippen molar-refractivity contribution >= 4 is 22.1 Å². The maximum absolute atomic E-state index is 7.08. The van der Waals surface area contributed by atoms with E-state index in [0.717, 1.165) is 4.47 Å². The molecule has 0 fully saturated rings. The molecule has 0 bridgehead atoms.